The van der Waals surface area contributed by atoms with E-state index in [9.17, 15) is 13.2 Å². The van der Waals surface area contributed by atoms with Gasteiger partial charge in [0, 0.05) is 64.5 Å². The number of piperazine rings is 1. The summed E-state index contributed by atoms with van der Waals surface area (Å²) in [5.41, 5.74) is 1.26. The number of rotatable bonds is 6. The monoisotopic (exact) mass is 462 g/mol. The molecule has 4 rings (SSSR count). The highest BCUT2D eigenvalue weighted by Gasteiger charge is 2.32. The molecule has 0 saturated carbocycles. The number of likely N-dealkylation sites (N-methyl/N-ethyl adjacent to an activating group) is 1. The fourth-order valence-electron chi connectivity index (χ4n) is 4.63. The number of pyridine rings is 1. The van der Waals surface area contributed by atoms with Gasteiger partial charge in [0.25, 0.3) is 5.91 Å². The molecule has 2 saturated heterocycles. The molecule has 2 fully saturated rings. The van der Waals surface area contributed by atoms with Crippen LogP contribution in [0.3, 0.4) is 0 Å². The molecule has 0 aliphatic carbocycles. The van der Waals surface area contributed by atoms with Gasteiger partial charge < -0.3 is 14.2 Å². The van der Waals surface area contributed by atoms with E-state index >= 15 is 0 Å². The maximum atomic E-state index is 13.4. The number of sulfonamides is 1. The molecule has 10 heteroatoms. The van der Waals surface area contributed by atoms with Gasteiger partial charge in [-0.15, -0.1) is 0 Å². The molecule has 32 heavy (non-hydrogen) atoms. The summed E-state index contributed by atoms with van der Waals surface area (Å²) in [7, 11) is 0.895. The number of hydrogen-bond acceptors (Lipinski definition) is 6. The van der Waals surface area contributed by atoms with Crippen LogP contribution in [0.2, 0.25) is 0 Å². The Bertz CT molecular complexity index is 1060. The Hall–Kier alpha value is -2.01. The van der Waals surface area contributed by atoms with Crippen molar-refractivity contribution in [3.63, 3.8) is 0 Å². The summed E-state index contributed by atoms with van der Waals surface area (Å²) in [6.07, 6.45) is 4.83. The lowest BCUT2D eigenvalue weighted by atomic mass is 9.99. The SMILES string of the molecule is CN(C)CCN1CCN(C(=O)c2nc([C@@H]3CCCN(S(C)(=O)=O)C3)n3ccccc23)CC1. The van der Waals surface area contributed by atoms with Crippen molar-refractivity contribution in [2.45, 2.75) is 18.8 Å². The van der Waals surface area contributed by atoms with Crippen molar-refractivity contribution >= 4 is 21.4 Å². The predicted molar refractivity (Wildman–Crippen MR) is 124 cm³/mol. The third-order valence-electron chi connectivity index (χ3n) is 6.52. The van der Waals surface area contributed by atoms with Gasteiger partial charge in [0.15, 0.2) is 5.69 Å². The minimum absolute atomic E-state index is 0.0298. The summed E-state index contributed by atoms with van der Waals surface area (Å²) < 4.78 is 27.7. The van der Waals surface area contributed by atoms with Crippen LogP contribution in [0.25, 0.3) is 5.52 Å². The number of hydrogen-bond donors (Lipinski definition) is 0. The lowest BCUT2D eigenvalue weighted by Crippen LogP contribution is -2.50. The summed E-state index contributed by atoms with van der Waals surface area (Å²) >= 11 is 0. The molecular formula is C22H34N6O3S. The first kappa shape index (κ1) is 23.2. The van der Waals surface area contributed by atoms with E-state index < -0.39 is 10.0 Å². The summed E-state index contributed by atoms with van der Waals surface area (Å²) in [6.45, 7) is 6.08. The van der Waals surface area contributed by atoms with Gasteiger partial charge in [0.1, 0.15) is 5.82 Å². The number of imidazole rings is 1. The van der Waals surface area contributed by atoms with Crippen LogP contribution in [-0.2, 0) is 10.0 Å². The van der Waals surface area contributed by atoms with Gasteiger partial charge in [0.05, 0.1) is 11.8 Å². The first-order valence-electron chi connectivity index (χ1n) is 11.3. The Balaban J connectivity index is 1.54. The number of carbonyl (C=O) groups is 1. The highest BCUT2D eigenvalue weighted by Crippen LogP contribution is 2.29. The van der Waals surface area contributed by atoms with Crippen molar-refractivity contribution in [3.05, 3.63) is 35.9 Å². The maximum Gasteiger partial charge on any atom is 0.274 e. The number of aromatic nitrogens is 2. The van der Waals surface area contributed by atoms with E-state index in [4.69, 9.17) is 4.98 Å². The fraction of sp³-hybridized carbons (Fsp3) is 0.636. The van der Waals surface area contributed by atoms with Gasteiger partial charge in [0.2, 0.25) is 10.0 Å². The summed E-state index contributed by atoms with van der Waals surface area (Å²) in [5.74, 6) is 0.711. The van der Waals surface area contributed by atoms with E-state index in [-0.39, 0.29) is 11.8 Å². The zero-order valence-corrected chi connectivity index (χ0v) is 20.1. The third-order valence-corrected chi connectivity index (χ3v) is 7.79. The molecular weight excluding hydrogens is 428 g/mol. The summed E-state index contributed by atoms with van der Waals surface area (Å²) in [4.78, 5) is 24.7. The molecule has 176 valence electrons. The zero-order chi connectivity index (χ0) is 22.9. The minimum atomic E-state index is -3.25. The van der Waals surface area contributed by atoms with Gasteiger partial charge in [-0.05, 0) is 39.1 Å². The molecule has 2 aromatic rings. The van der Waals surface area contributed by atoms with Crippen molar-refractivity contribution in [2.75, 3.05) is 72.7 Å². The van der Waals surface area contributed by atoms with E-state index in [0.717, 1.165) is 50.4 Å². The standard InChI is InChI=1S/C22H34N6O3S/c1-24(2)11-12-25-13-15-26(16-14-25)22(29)20-19-8-4-5-10-28(19)21(23-20)18-7-6-9-27(17-18)32(3,30)31/h4-5,8,10,18H,6-7,9,11-17H2,1-3H3/t18-/m1/s1. The van der Waals surface area contributed by atoms with Crippen molar-refractivity contribution < 1.29 is 13.2 Å². The lowest BCUT2D eigenvalue weighted by molar-refractivity contribution is 0.0626. The summed E-state index contributed by atoms with van der Waals surface area (Å²) in [6, 6.07) is 5.77. The Morgan fingerprint density at radius 3 is 2.59 bits per heavy atom. The quantitative estimate of drug-likeness (QED) is 0.632. The molecule has 1 amide bonds. The largest absolute Gasteiger partial charge is 0.335 e. The zero-order valence-electron chi connectivity index (χ0n) is 19.3. The first-order chi connectivity index (χ1) is 15.2. The molecule has 4 heterocycles. The second-order valence-electron chi connectivity index (χ2n) is 9.17. The normalized spacial score (nSPS) is 21.5. The third kappa shape index (κ3) is 4.98. The van der Waals surface area contributed by atoms with Crippen molar-refractivity contribution in [1.82, 2.24) is 28.4 Å². The van der Waals surface area contributed by atoms with Crippen LogP contribution in [0.5, 0.6) is 0 Å². The molecule has 2 aliphatic heterocycles. The average molecular weight is 463 g/mol. The Morgan fingerprint density at radius 2 is 1.91 bits per heavy atom. The highest BCUT2D eigenvalue weighted by molar-refractivity contribution is 7.88. The van der Waals surface area contributed by atoms with E-state index in [1.165, 1.54) is 10.6 Å². The van der Waals surface area contributed by atoms with Crippen LogP contribution in [-0.4, -0.2) is 115 Å². The molecule has 0 spiro atoms. The van der Waals surface area contributed by atoms with Gasteiger partial charge in [-0.3, -0.25) is 9.69 Å². The van der Waals surface area contributed by atoms with Gasteiger partial charge in [-0.1, -0.05) is 6.07 Å². The van der Waals surface area contributed by atoms with Gasteiger partial charge >= 0.3 is 0 Å². The Labute approximate surface area is 190 Å². The molecule has 2 aromatic heterocycles. The second kappa shape index (κ2) is 9.46. The van der Waals surface area contributed by atoms with Crippen LogP contribution in [0.1, 0.15) is 35.1 Å². The topological polar surface area (TPSA) is 81.5 Å². The fourth-order valence-corrected chi connectivity index (χ4v) is 5.54. The molecule has 0 aromatic carbocycles. The minimum Gasteiger partial charge on any atom is -0.335 e. The summed E-state index contributed by atoms with van der Waals surface area (Å²) in [5, 5.41) is 0. The second-order valence-corrected chi connectivity index (χ2v) is 11.2. The molecule has 9 nitrogen and oxygen atoms in total. The van der Waals surface area contributed by atoms with Crippen LogP contribution in [0.15, 0.2) is 24.4 Å². The maximum absolute atomic E-state index is 13.4. The number of fused-ring (bicyclic) bond motifs is 1. The predicted octanol–water partition coefficient (Wildman–Crippen LogP) is 0.793. The average Bonchev–Trinajstić information content (AvgIpc) is 3.17. The van der Waals surface area contributed by atoms with Crippen LogP contribution in [0, 0.1) is 0 Å². The molecule has 2 aliphatic rings. The van der Waals surface area contributed by atoms with E-state index in [0.29, 0.717) is 31.9 Å². The number of piperidine rings is 1. The Morgan fingerprint density at radius 1 is 1.16 bits per heavy atom. The highest BCUT2D eigenvalue weighted by atomic mass is 32.2. The van der Waals surface area contributed by atoms with Crippen molar-refractivity contribution in [3.8, 4) is 0 Å². The molecule has 1 atom stereocenters. The van der Waals surface area contributed by atoms with Gasteiger partial charge in [-0.25, -0.2) is 17.7 Å². The number of amides is 1. The van der Waals surface area contributed by atoms with E-state index in [1.807, 2.05) is 33.7 Å². The number of nitrogens with zero attached hydrogens (tertiary/aromatic N) is 6. The van der Waals surface area contributed by atoms with Crippen molar-refractivity contribution in [1.29, 1.82) is 0 Å². The smallest absolute Gasteiger partial charge is 0.274 e. The first-order valence-corrected chi connectivity index (χ1v) is 13.2. The van der Waals surface area contributed by atoms with E-state index in [1.54, 1.807) is 0 Å². The lowest BCUT2D eigenvalue weighted by Gasteiger charge is -2.35. The molecule has 0 bridgehead atoms. The van der Waals surface area contributed by atoms with Crippen LogP contribution < -0.4 is 0 Å². The molecule has 0 unspecified atom stereocenters. The van der Waals surface area contributed by atoms with Crippen LogP contribution >= 0.6 is 0 Å². The van der Waals surface area contributed by atoms with Gasteiger partial charge in [-0.2, -0.15) is 0 Å². The molecule has 0 radical (unpaired) electrons. The molecule has 0 N–H and O–H groups in total. The Kier molecular flexibility index (Phi) is 6.85. The van der Waals surface area contributed by atoms with Crippen LogP contribution in [0.4, 0.5) is 0 Å². The van der Waals surface area contributed by atoms with Crippen molar-refractivity contribution in [2.24, 2.45) is 0 Å². The number of carbonyl (C=O) groups excluding carboxylic acids is 1. The van der Waals surface area contributed by atoms with E-state index in [2.05, 4.69) is 23.9 Å².